The first-order valence-electron chi connectivity index (χ1n) is 5.59. The van der Waals surface area contributed by atoms with E-state index < -0.39 is 37.5 Å². The van der Waals surface area contributed by atoms with Crippen molar-refractivity contribution in [3.63, 3.8) is 0 Å². The van der Waals surface area contributed by atoms with Gasteiger partial charge < -0.3 is 20.6 Å². The predicted octanol–water partition coefficient (Wildman–Crippen LogP) is -1.34. The van der Waals surface area contributed by atoms with Crippen molar-refractivity contribution < 1.29 is 29.0 Å². The lowest BCUT2D eigenvalue weighted by molar-refractivity contribution is -0.140. The molecule has 0 aliphatic rings. The van der Waals surface area contributed by atoms with Crippen LogP contribution in [0, 0.1) is 0 Å². The van der Waals surface area contributed by atoms with Crippen LogP contribution in [0.25, 0.3) is 0 Å². The number of amides is 1. The highest BCUT2D eigenvalue weighted by Gasteiger charge is 2.18. The fourth-order valence-corrected chi connectivity index (χ4v) is 1.68. The zero-order valence-corrected chi connectivity index (χ0v) is 8.66. The van der Waals surface area contributed by atoms with Gasteiger partial charge in [0.25, 0.3) is 0 Å². The molecule has 0 rings (SSSR count). The predicted molar refractivity (Wildman–Crippen MR) is 55.7 cm³/mol. The van der Waals surface area contributed by atoms with Gasteiger partial charge in [0.15, 0.2) is 0 Å². The topological polar surface area (TPSA) is 107 Å². The van der Waals surface area contributed by atoms with Gasteiger partial charge in [0, 0.05) is 22.5 Å². The van der Waals surface area contributed by atoms with E-state index in [1.54, 1.807) is 0 Å². The van der Waals surface area contributed by atoms with Gasteiger partial charge in [-0.2, -0.15) is 11.8 Å². The number of aliphatic hydroxyl groups excluding tert-OH is 2. The maximum Gasteiger partial charge on any atom is 0.327 e. The van der Waals surface area contributed by atoms with Gasteiger partial charge in [0.05, 0.1) is 12.7 Å². The first-order valence-corrected chi connectivity index (χ1v) is 5.24. The minimum Gasteiger partial charge on any atom is -0.480 e. The lowest BCUT2D eigenvalue weighted by Crippen LogP contribution is -2.41. The van der Waals surface area contributed by atoms with Crippen LogP contribution >= 0.6 is 11.8 Å². The number of carbonyl (C=O) groups is 2. The third-order valence-electron chi connectivity index (χ3n) is 1.41. The van der Waals surface area contributed by atoms with Gasteiger partial charge in [0.1, 0.15) is 6.04 Å². The van der Waals surface area contributed by atoms with E-state index >= 15 is 0 Å². The third-order valence-corrected chi connectivity index (χ3v) is 2.60. The van der Waals surface area contributed by atoms with Crippen LogP contribution in [0.4, 0.5) is 0 Å². The molecule has 0 spiro atoms. The molecule has 0 fully saturated rings. The molecule has 15 heavy (non-hydrogen) atoms. The highest BCUT2D eigenvalue weighted by atomic mass is 32.2. The molecule has 0 heterocycles. The molecule has 0 bridgehead atoms. The fraction of sp³-hybridized carbons (Fsp3) is 0.750. The number of nitrogens with one attached hydrogen (secondary N) is 1. The molecular weight excluding hydrogens is 222 g/mol. The summed E-state index contributed by atoms with van der Waals surface area (Å²) in [6, 6.07) is -1.35. The van der Waals surface area contributed by atoms with E-state index in [9.17, 15) is 9.59 Å². The maximum atomic E-state index is 11.1. The number of hydrogen-bond donors (Lipinski definition) is 4. The smallest absolute Gasteiger partial charge is 0.327 e. The normalized spacial score (nSPS) is 18.1. The number of aliphatic carboxylic acids is 1. The maximum absolute atomic E-state index is 11.1. The Bertz CT molecular complexity index is 299. The Morgan fingerprint density at radius 1 is 1.53 bits per heavy atom. The summed E-state index contributed by atoms with van der Waals surface area (Å²) in [6.07, 6.45) is -0.984. The van der Waals surface area contributed by atoms with Crippen LogP contribution in [0.2, 0.25) is 0 Å². The van der Waals surface area contributed by atoms with Crippen molar-refractivity contribution in [3.8, 4) is 0 Å². The van der Waals surface area contributed by atoms with Crippen molar-refractivity contribution >= 4 is 23.6 Å². The second-order valence-corrected chi connectivity index (χ2v) is 3.81. The molecule has 6 nitrogen and oxygen atoms in total. The largest absolute Gasteiger partial charge is 0.480 e. The van der Waals surface area contributed by atoms with E-state index in [2.05, 4.69) is 0 Å². The van der Waals surface area contributed by atoms with Gasteiger partial charge in [0.2, 0.25) is 5.91 Å². The van der Waals surface area contributed by atoms with Gasteiger partial charge in [-0.1, -0.05) is 0 Å². The van der Waals surface area contributed by atoms with Crippen LogP contribution in [0.15, 0.2) is 0 Å². The van der Waals surface area contributed by atoms with E-state index in [1.807, 2.05) is 5.32 Å². The van der Waals surface area contributed by atoms with E-state index in [0.29, 0.717) is 0 Å². The molecular formula is C8H15NO5S. The summed E-state index contributed by atoms with van der Waals surface area (Å²) >= 11 is 0.986. The SMILES string of the molecule is [2H]C([2H])([2H])C(=O)N[C@@H](CSCC(O)CO)C(=O)O. The first-order chi connectivity index (χ1) is 8.18. The molecule has 0 aliphatic heterocycles. The number of carboxylic acids is 1. The summed E-state index contributed by atoms with van der Waals surface area (Å²) in [5.41, 5.74) is 0. The minimum atomic E-state index is -2.90. The van der Waals surface area contributed by atoms with Crippen molar-refractivity contribution in [2.45, 2.75) is 19.0 Å². The van der Waals surface area contributed by atoms with E-state index in [1.165, 1.54) is 0 Å². The van der Waals surface area contributed by atoms with Gasteiger partial charge >= 0.3 is 5.97 Å². The number of aliphatic hydroxyl groups is 2. The van der Waals surface area contributed by atoms with Gasteiger partial charge in [-0.25, -0.2) is 4.79 Å². The molecule has 7 heteroatoms. The Hall–Kier alpha value is -0.790. The molecule has 2 atom stereocenters. The zero-order chi connectivity index (χ0) is 14.3. The number of rotatable bonds is 7. The Kier molecular flexibility index (Phi) is 4.72. The number of thioether (sulfide) groups is 1. The van der Waals surface area contributed by atoms with Crippen molar-refractivity contribution in [1.82, 2.24) is 5.32 Å². The van der Waals surface area contributed by atoms with Crippen molar-refractivity contribution in [3.05, 3.63) is 0 Å². The Morgan fingerprint density at radius 3 is 2.67 bits per heavy atom. The van der Waals surface area contributed by atoms with Crippen LogP contribution in [0.1, 0.15) is 11.0 Å². The van der Waals surface area contributed by atoms with Crippen molar-refractivity contribution in [1.29, 1.82) is 0 Å². The molecule has 88 valence electrons. The summed E-state index contributed by atoms with van der Waals surface area (Å²) in [4.78, 5) is 21.9. The first kappa shape index (κ1) is 9.44. The highest BCUT2D eigenvalue weighted by Crippen LogP contribution is 2.05. The Balaban J connectivity index is 4.25. The van der Waals surface area contributed by atoms with Crippen molar-refractivity contribution in [2.24, 2.45) is 0 Å². The molecule has 0 saturated carbocycles. The van der Waals surface area contributed by atoms with Gasteiger partial charge in [-0.15, -0.1) is 0 Å². The van der Waals surface area contributed by atoms with Crippen LogP contribution in [-0.4, -0.2) is 57.5 Å². The molecule has 0 aromatic rings. The number of carboxylic acid groups (broad SMARTS) is 1. The second-order valence-electron chi connectivity index (χ2n) is 2.74. The zero-order valence-electron chi connectivity index (χ0n) is 10.8. The van der Waals surface area contributed by atoms with Crippen LogP contribution < -0.4 is 5.32 Å². The molecule has 0 aliphatic carbocycles. The molecule has 1 amide bonds. The summed E-state index contributed by atoms with van der Waals surface area (Å²) in [6.45, 7) is -3.35. The average Bonchev–Trinajstić information content (AvgIpc) is 2.25. The van der Waals surface area contributed by atoms with Crippen LogP contribution in [0.5, 0.6) is 0 Å². The molecule has 4 N–H and O–H groups in total. The average molecular weight is 240 g/mol. The molecule has 0 saturated heterocycles. The summed E-state index contributed by atoms with van der Waals surface area (Å²) in [5, 5.41) is 28.2. The van der Waals surface area contributed by atoms with E-state index in [-0.39, 0.29) is 11.5 Å². The van der Waals surface area contributed by atoms with E-state index in [0.717, 1.165) is 11.8 Å². The van der Waals surface area contributed by atoms with Crippen molar-refractivity contribution in [2.75, 3.05) is 18.1 Å². The monoisotopic (exact) mass is 240 g/mol. The summed E-state index contributed by atoms with van der Waals surface area (Å²) < 4.78 is 20.4. The minimum absolute atomic E-state index is 0.0872. The molecule has 1 unspecified atom stereocenters. The van der Waals surface area contributed by atoms with E-state index in [4.69, 9.17) is 19.4 Å². The molecule has 0 aromatic heterocycles. The van der Waals surface area contributed by atoms with Gasteiger partial charge in [-0.05, 0) is 0 Å². The highest BCUT2D eigenvalue weighted by molar-refractivity contribution is 7.99. The number of hydrogen-bond acceptors (Lipinski definition) is 5. The fourth-order valence-electron chi connectivity index (χ4n) is 0.708. The molecule has 0 aromatic carbocycles. The van der Waals surface area contributed by atoms with Gasteiger partial charge in [-0.3, -0.25) is 4.79 Å². The molecule has 0 radical (unpaired) electrons. The Morgan fingerprint density at radius 2 is 2.20 bits per heavy atom. The lowest BCUT2D eigenvalue weighted by atomic mass is 10.3. The van der Waals surface area contributed by atoms with Crippen LogP contribution in [-0.2, 0) is 9.59 Å². The standard InChI is InChI=1S/C8H15NO5S/c1-5(11)9-7(8(13)14)4-15-3-6(12)2-10/h6-7,10,12H,2-4H2,1H3,(H,9,11)(H,13,14)/t6?,7-/m0/s1/i1D3. The summed E-state index contributed by atoms with van der Waals surface area (Å²) in [5.74, 6) is -2.71. The third kappa shape index (κ3) is 7.18. The number of carbonyl (C=O) groups excluding carboxylic acids is 1. The second kappa shape index (κ2) is 7.49. The van der Waals surface area contributed by atoms with Crippen LogP contribution in [0.3, 0.4) is 0 Å². The lowest BCUT2D eigenvalue weighted by Gasteiger charge is -2.13. The quantitative estimate of drug-likeness (QED) is 0.439. The Labute approximate surface area is 95.9 Å². The summed E-state index contributed by atoms with van der Waals surface area (Å²) in [7, 11) is 0.